The summed E-state index contributed by atoms with van der Waals surface area (Å²) in [6.07, 6.45) is 9.09. The van der Waals surface area contributed by atoms with E-state index in [0.29, 0.717) is 5.41 Å². The molecule has 0 N–H and O–H groups in total. The number of allylic oxidation sites excluding steroid dienone is 2. The number of rotatable bonds is 2. The first-order valence-electron chi connectivity index (χ1n) is 8.15. The standard InChI is InChI=1S/C21H20/c1-3-7-17(8-4-1)21(18-9-5-2-6-10-18)15-20(21)14-16-11-12-19(20)13-16/h1-12,16,19H,13-15H2/t16-,19+,20-/m1/s1. The summed E-state index contributed by atoms with van der Waals surface area (Å²) >= 11 is 0. The molecule has 0 aromatic heterocycles. The van der Waals surface area contributed by atoms with Crippen LogP contribution in [0.2, 0.25) is 0 Å². The second kappa shape index (κ2) is 3.88. The molecule has 21 heavy (non-hydrogen) atoms. The predicted molar refractivity (Wildman–Crippen MR) is 86.1 cm³/mol. The molecule has 3 atom stereocenters. The Kier molecular flexibility index (Phi) is 2.18. The van der Waals surface area contributed by atoms with Crippen molar-refractivity contribution in [3.63, 3.8) is 0 Å². The third-order valence-electron chi connectivity index (χ3n) is 6.35. The van der Waals surface area contributed by atoms with Crippen LogP contribution in [0.1, 0.15) is 30.4 Å². The molecule has 0 unspecified atom stereocenters. The van der Waals surface area contributed by atoms with Gasteiger partial charge in [-0.2, -0.15) is 0 Å². The summed E-state index contributed by atoms with van der Waals surface area (Å²) in [6.45, 7) is 0. The van der Waals surface area contributed by atoms with Gasteiger partial charge < -0.3 is 0 Å². The van der Waals surface area contributed by atoms with Gasteiger partial charge in [0.25, 0.3) is 0 Å². The fraction of sp³-hybridized carbons (Fsp3) is 0.333. The number of benzene rings is 2. The van der Waals surface area contributed by atoms with Gasteiger partial charge in [0.15, 0.2) is 0 Å². The fourth-order valence-corrected chi connectivity index (χ4v) is 5.47. The lowest BCUT2D eigenvalue weighted by Crippen LogP contribution is -2.23. The Bertz CT molecular complexity index is 658. The monoisotopic (exact) mass is 272 g/mol. The Morgan fingerprint density at radius 3 is 1.86 bits per heavy atom. The van der Waals surface area contributed by atoms with Crippen LogP contribution in [0.15, 0.2) is 72.8 Å². The Hall–Kier alpha value is -1.82. The van der Waals surface area contributed by atoms with Crippen LogP contribution in [0.5, 0.6) is 0 Å². The highest BCUT2D eigenvalue weighted by atomic mass is 14.8. The van der Waals surface area contributed by atoms with Gasteiger partial charge in [-0.15, -0.1) is 0 Å². The minimum Gasteiger partial charge on any atom is -0.0851 e. The molecule has 1 spiro atoms. The quantitative estimate of drug-likeness (QED) is 0.678. The normalized spacial score (nSPS) is 34.5. The molecular weight excluding hydrogens is 252 g/mol. The Labute approximate surface area is 126 Å². The molecule has 0 radical (unpaired) electrons. The molecule has 3 aliphatic rings. The van der Waals surface area contributed by atoms with Crippen LogP contribution < -0.4 is 0 Å². The van der Waals surface area contributed by atoms with Crippen molar-refractivity contribution in [1.29, 1.82) is 0 Å². The molecule has 2 saturated carbocycles. The maximum Gasteiger partial charge on any atom is 0.0271 e. The largest absolute Gasteiger partial charge is 0.0851 e. The maximum atomic E-state index is 2.52. The van der Waals surface area contributed by atoms with Gasteiger partial charge in [-0.05, 0) is 47.6 Å². The van der Waals surface area contributed by atoms with Gasteiger partial charge in [0.05, 0.1) is 0 Å². The molecule has 104 valence electrons. The molecule has 0 saturated heterocycles. The first-order valence-corrected chi connectivity index (χ1v) is 8.15. The van der Waals surface area contributed by atoms with Crippen molar-refractivity contribution in [2.45, 2.75) is 24.7 Å². The second-order valence-corrected chi connectivity index (χ2v) is 7.16. The number of fused-ring (bicyclic) bond motifs is 3. The SMILES string of the molecule is C1=C[C@H]2C[C@@H]1C[C@@]21CC1(c1ccccc1)c1ccccc1. The highest BCUT2D eigenvalue weighted by molar-refractivity contribution is 5.53. The third kappa shape index (κ3) is 1.36. The molecule has 0 heterocycles. The van der Waals surface area contributed by atoms with Crippen LogP contribution >= 0.6 is 0 Å². The van der Waals surface area contributed by atoms with Gasteiger partial charge in [-0.1, -0.05) is 72.8 Å². The van der Waals surface area contributed by atoms with Crippen molar-refractivity contribution < 1.29 is 0 Å². The van der Waals surface area contributed by atoms with Gasteiger partial charge in [0.2, 0.25) is 0 Å². The summed E-state index contributed by atoms with van der Waals surface area (Å²) in [6, 6.07) is 22.5. The summed E-state index contributed by atoms with van der Waals surface area (Å²) < 4.78 is 0. The first kappa shape index (κ1) is 11.8. The number of hydrogen-bond acceptors (Lipinski definition) is 0. The minimum absolute atomic E-state index is 0.264. The minimum atomic E-state index is 0.264. The van der Waals surface area contributed by atoms with E-state index >= 15 is 0 Å². The summed E-state index contributed by atoms with van der Waals surface area (Å²) in [5.74, 6) is 1.63. The lowest BCUT2D eigenvalue weighted by atomic mass is 9.74. The van der Waals surface area contributed by atoms with Gasteiger partial charge in [-0.3, -0.25) is 0 Å². The van der Waals surface area contributed by atoms with E-state index in [-0.39, 0.29) is 5.41 Å². The smallest absolute Gasteiger partial charge is 0.0271 e. The summed E-state index contributed by atoms with van der Waals surface area (Å²) in [4.78, 5) is 0. The van der Waals surface area contributed by atoms with Crippen LogP contribution in [-0.2, 0) is 5.41 Å². The van der Waals surface area contributed by atoms with Crippen molar-refractivity contribution in [2.24, 2.45) is 17.3 Å². The van der Waals surface area contributed by atoms with Crippen LogP contribution in [0, 0.1) is 17.3 Å². The Balaban J connectivity index is 1.70. The lowest BCUT2D eigenvalue weighted by molar-refractivity contribution is 0.374. The van der Waals surface area contributed by atoms with Crippen molar-refractivity contribution in [3.8, 4) is 0 Å². The third-order valence-corrected chi connectivity index (χ3v) is 6.35. The summed E-state index contributed by atoms with van der Waals surface area (Å²) in [5, 5.41) is 0. The second-order valence-electron chi connectivity index (χ2n) is 7.16. The van der Waals surface area contributed by atoms with E-state index in [1.54, 1.807) is 0 Å². The average molecular weight is 272 g/mol. The molecule has 0 aliphatic heterocycles. The Morgan fingerprint density at radius 1 is 0.762 bits per heavy atom. The van der Waals surface area contributed by atoms with E-state index in [4.69, 9.17) is 0 Å². The zero-order chi connectivity index (χ0) is 13.9. The van der Waals surface area contributed by atoms with E-state index in [1.807, 2.05) is 0 Å². The maximum absolute atomic E-state index is 2.52. The molecule has 0 amide bonds. The van der Waals surface area contributed by atoms with E-state index < -0.39 is 0 Å². The summed E-state index contributed by atoms with van der Waals surface area (Å²) in [7, 11) is 0. The van der Waals surface area contributed by atoms with Gasteiger partial charge in [0.1, 0.15) is 0 Å². The molecule has 2 aromatic carbocycles. The predicted octanol–water partition coefficient (Wildman–Crippen LogP) is 4.96. The zero-order valence-corrected chi connectivity index (χ0v) is 12.2. The van der Waals surface area contributed by atoms with Crippen molar-refractivity contribution in [1.82, 2.24) is 0 Å². The molecule has 2 fully saturated rings. The van der Waals surface area contributed by atoms with E-state index in [1.165, 1.54) is 30.4 Å². The Morgan fingerprint density at radius 2 is 1.38 bits per heavy atom. The van der Waals surface area contributed by atoms with Crippen LogP contribution in [0.25, 0.3) is 0 Å². The number of hydrogen-bond donors (Lipinski definition) is 0. The van der Waals surface area contributed by atoms with Crippen LogP contribution in [0.3, 0.4) is 0 Å². The topological polar surface area (TPSA) is 0 Å². The fourth-order valence-electron chi connectivity index (χ4n) is 5.47. The van der Waals surface area contributed by atoms with Crippen LogP contribution in [0.4, 0.5) is 0 Å². The lowest BCUT2D eigenvalue weighted by Gasteiger charge is -2.28. The molecule has 0 nitrogen and oxygen atoms in total. The van der Waals surface area contributed by atoms with Gasteiger partial charge in [0, 0.05) is 5.41 Å². The van der Waals surface area contributed by atoms with Crippen molar-refractivity contribution in [3.05, 3.63) is 83.9 Å². The molecular formula is C21H20. The molecule has 2 aromatic rings. The van der Waals surface area contributed by atoms with Crippen molar-refractivity contribution in [2.75, 3.05) is 0 Å². The van der Waals surface area contributed by atoms with E-state index in [9.17, 15) is 0 Å². The summed E-state index contributed by atoms with van der Waals surface area (Å²) in [5.41, 5.74) is 3.81. The molecule has 2 bridgehead atoms. The molecule has 3 aliphatic carbocycles. The van der Waals surface area contributed by atoms with Crippen LogP contribution in [-0.4, -0.2) is 0 Å². The van der Waals surface area contributed by atoms with E-state index in [2.05, 4.69) is 72.8 Å². The average Bonchev–Trinajstić information content (AvgIpc) is 2.85. The molecule has 0 heteroatoms. The van der Waals surface area contributed by atoms with E-state index in [0.717, 1.165) is 11.8 Å². The highest BCUT2D eigenvalue weighted by Gasteiger charge is 2.74. The van der Waals surface area contributed by atoms with Gasteiger partial charge in [-0.25, -0.2) is 0 Å². The molecule has 5 rings (SSSR count). The highest BCUT2D eigenvalue weighted by Crippen LogP contribution is 2.79. The van der Waals surface area contributed by atoms with Gasteiger partial charge >= 0.3 is 0 Å². The zero-order valence-electron chi connectivity index (χ0n) is 12.2. The first-order chi connectivity index (χ1) is 10.4. The van der Waals surface area contributed by atoms with Crippen molar-refractivity contribution >= 4 is 0 Å².